The molecule has 0 spiro atoms. The molecule has 1 aromatic rings. The van der Waals surface area contributed by atoms with E-state index in [9.17, 15) is 5.11 Å². The Morgan fingerprint density at radius 1 is 1.32 bits per heavy atom. The average Bonchev–Trinajstić information content (AvgIpc) is 2.41. The van der Waals surface area contributed by atoms with Gasteiger partial charge in [-0.15, -0.1) is 0 Å². The van der Waals surface area contributed by atoms with Crippen molar-refractivity contribution in [3.8, 4) is 5.75 Å². The molecule has 3 heteroatoms. The maximum Gasteiger partial charge on any atom is 0.133 e. The zero-order valence-corrected chi connectivity index (χ0v) is 13.4. The van der Waals surface area contributed by atoms with Gasteiger partial charge < -0.3 is 9.84 Å². The number of halogens is 1. The standard InChI is InChI=1S/C16H23BrO2/c1-3-19-14-8-7-12(11-13(14)17)15(18)16(2)9-5-4-6-10-16/h7-8,11,15,18H,3-6,9-10H2,1-2H3. The van der Waals surface area contributed by atoms with Gasteiger partial charge in [-0.1, -0.05) is 32.3 Å². The molecule has 0 amide bonds. The van der Waals surface area contributed by atoms with Gasteiger partial charge in [0, 0.05) is 0 Å². The van der Waals surface area contributed by atoms with E-state index in [1.54, 1.807) is 0 Å². The van der Waals surface area contributed by atoms with Crippen molar-refractivity contribution in [1.29, 1.82) is 0 Å². The largest absolute Gasteiger partial charge is 0.493 e. The van der Waals surface area contributed by atoms with Crippen molar-refractivity contribution in [2.45, 2.75) is 52.1 Å². The molecule has 106 valence electrons. The number of benzene rings is 1. The van der Waals surface area contributed by atoms with E-state index in [0.29, 0.717) is 6.61 Å². The monoisotopic (exact) mass is 326 g/mol. The van der Waals surface area contributed by atoms with Crippen LogP contribution in [0.25, 0.3) is 0 Å². The number of hydrogen-bond acceptors (Lipinski definition) is 2. The van der Waals surface area contributed by atoms with Gasteiger partial charge in [-0.3, -0.25) is 0 Å². The van der Waals surface area contributed by atoms with E-state index in [0.717, 1.165) is 28.6 Å². The first kappa shape index (κ1) is 14.9. The molecule has 1 unspecified atom stereocenters. The summed E-state index contributed by atoms with van der Waals surface area (Å²) in [5.41, 5.74) is 1.00. The van der Waals surface area contributed by atoms with Crippen molar-refractivity contribution in [2.24, 2.45) is 5.41 Å². The van der Waals surface area contributed by atoms with Gasteiger partial charge in [-0.2, -0.15) is 0 Å². The minimum absolute atomic E-state index is 0.0187. The zero-order chi connectivity index (χ0) is 13.9. The van der Waals surface area contributed by atoms with E-state index in [1.165, 1.54) is 19.3 Å². The third-order valence-electron chi connectivity index (χ3n) is 4.23. The lowest BCUT2D eigenvalue weighted by Gasteiger charge is -2.38. The molecule has 19 heavy (non-hydrogen) atoms. The van der Waals surface area contributed by atoms with Crippen molar-refractivity contribution in [1.82, 2.24) is 0 Å². The predicted octanol–water partition coefficient (Wildman–Crippen LogP) is 4.85. The summed E-state index contributed by atoms with van der Waals surface area (Å²) in [4.78, 5) is 0. The van der Waals surface area contributed by atoms with Crippen LogP contribution in [0.5, 0.6) is 5.75 Å². The van der Waals surface area contributed by atoms with E-state index < -0.39 is 0 Å². The van der Waals surface area contributed by atoms with Gasteiger partial charge in [-0.25, -0.2) is 0 Å². The minimum Gasteiger partial charge on any atom is -0.493 e. The van der Waals surface area contributed by atoms with E-state index in [2.05, 4.69) is 22.9 Å². The van der Waals surface area contributed by atoms with Crippen LogP contribution in [0.15, 0.2) is 22.7 Å². The Morgan fingerprint density at radius 3 is 2.58 bits per heavy atom. The second-order valence-corrected chi connectivity index (χ2v) is 6.59. The predicted molar refractivity (Wildman–Crippen MR) is 81.5 cm³/mol. The van der Waals surface area contributed by atoms with Crippen LogP contribution in [-0.4, -0.2) is 11.7 Å². The molecule has 2 rings (SSSR count). The molecule has 0 heterocycles. The summed E-state index contributed by atoms with van der Waals surface area (Å²) in [6.45, 7) is 4.83. The summed E-state index contributed by atoms with van der Waals surface area (Å²) in [7, 11) is 0. The fourth-order valence-corrected chi connectivity index (χ4v) is 3.51. The molecule has 1 N–H and O–H groups in total. The first-order valence-corrected chi connectivity index (χ1v) is 7.96. The molecule has 0 saturated heterocycles. The quantitative estimate of drug-likeness (QED) is 0.856. The Kier molecular flexibility index (Phi) is 4.91. The smallest absolute Gasteiger partial charge is 0.133 e. The van der Waals surface area contributed by atoms with Gasteiger partial charge in [-0.05, 0) is 58.8 Å². The Bertz CT molecular complexity index is 425. The summed E-state index contributed by atoms with van der Waals surface area (Å²) < 4.78 is 6.44. The van der Waals surface area contributed by atoms with E-state index in [4.69, 9.17) is 4.74 Å². The van der Waals surface area contributed by atoms with Crippen LogP contribution in [0.3, 0.4) is 0 Å². The van der Waals surface area contributed by atoms with Crippen molar-refractivity contribution in [2.75, 3.05) is 6.61 Å². The summed E-state index contributed by atoms with van der Waals surface area (Å²) in [5, 5.41) is 10.7. The van der Waals surface area contributed by atoms with Gasteiger partial charge in [0.05, 0.1) is 17.2 Å². The number of rotatable bonds is 4. The topological polar surface area (TPSA) is 29.5 Å². The maximum absolute atomic E-state index is 10.7. The molecule has 1 saturated carbocycles. The highest BCUT2D eigenvalue weighted by Crippen LogP contribution is 2.46. The summed E-state index contributed by atoms with van der Waals surface area (Å²) in [5.74, 6) is 0.840. The fraction of sp³-hybridized carbons (Fsp3) is 0.625. The van der Waals surface area contributed by atoms with Gasteiger partial charge in [0.1, 0.15) is 5.75 Å². The molecule has 1 atom stereocenters. The maximum atomic E-state index is 10.7. The molecule has 0 bridgehead atoms. The second kappa shape index (κ2) is 6.27. The van der Waals surface area contributed by atoms with Crippen LogP contribution < -0.4 is 4.74 Å². The zero-order valence-electron chi connectivity index (χ0n) is 11.8. The molecule has 2 nitrogen and oxygen atoms in total. The number of aliphatic hydroxyl groups is 1. The van der Waals surface area contributed by atoms with Crippen molar-refractivity contribution >= 4 is 15.9 Å². The molecule has 1 aliphatic carbocycles. The highest BCUT2D eigenvalue weighted by molar-refractivity contribution is 9.10. The van der Waals surface area contributed by atoms with Crippen molar-refractivity contribution in [3.05, 3.63) is 28.2 Å². The molecule has 0 aromatic heterocycles. The first-order chi connectivity index (χ1) is 9.07. The lowest BCUT2D eigenvalue weighted by molar-refractivity contribution is 0.00812. The number of ether oxygens (including phenoxy) is 1. The molecule has 0 radical (unpaired) electrons. The van der Waals surface area contributed by atoms with Crippen LogP contribution in [0.1, 0.15) is 57.6 Å². The SMILES string of the molecule is CCOc1ccc(C(O)C2(C)CCCCC2)cc1Br. The highest BCUT2D eigenvalue weighted by atomic mass is 79.9. The van der Waals surface area contributed by atoms with Crippen LogP contribution in [0, 0.1) is 5.41 Å². The molecule has 0 aliphatic heterocycles. The van der Waals surface area contributed by atoms with Crippen LogP contribution in [0.4, 0.5) is 0 Å². The molecular formula is C16H23BrO2. The van der Waals surface area contributed by atoms with Gasteiger partial charge in [0.15, 0.2) is 0 Å². The summed E-state index contributed by atoms with van der Waals surface area (Å²) in [6.07, 6.45) is 5.59. The molecule has 1 aliphatic rings. The second-order valence-electron chi connectivity index (χ2n) is 5.74. The van der Waals surface area contributed by atoms with Crippen LogP contribution in [-0.2, 0) is 0 Å². The molecular weight excluding hydrogens is 304 g/mol. The number of hydrogen-bond donors (Lipinski definition) is 1. The molecule has 1 aromatic carbocycles. The number of aliphatic hydroxyl groups excluding tert-OH is 1. The Balaban J connectivity index is 2.19. The third-order valence-corrected chi connectivity index (χ3v) is 4.85. The van der Waals surface area contributed by atoms with Crippen molar-refractivity contribution < 1.29 is 9.84 Å². The lowest BCUT2D eigenvalue weighted by atomic mass is 9.70. The Labute approximate surface area is 124 Å². The molecule has 1 fully saturated rings. The average molecular weight is 327 g/mol. The third kappa shape index (κ3) is 3.32. The normalized spacial score (nSPS) is 20.0. The Morgan fingerprint density at radius 2 is 2.00 bits per heavy atom. The van der Waals surface area contributed by atoms with Gasteiger partial charge >= 0.3 is 0 Å². The van der Waals surface area contributed by atoms with E-state index in [-0.39, 0.29) is 11.5 Å². The van der Waals surface area contributed by atoms with Crippen molar-refractivity contribution in [3.63, 3.8) is 0 Å². The van der Waals surface area contributed by atoms with Gasteiger partial charge in [0.25, 0.3) is 0 Å². The first-order valence-electron chi connectivity index (χ1n) is 7.17. The minimum atomic E-state index is -0.389. The van der Waals surface area contributed by atoms with Gasteiger partial charge in [0.2, 0.25) is 0 Å². The van der Waals surface area contributed by atoms with E-state index >= 15 is 0 Å². The summed E-state index contributed by atoms with van der Waals surface area (Å²) in [6, 6.07) is 5.92. The summed E-state index contributed by atoms with van der Waals surface area (Å²) >= 11 is 3.52. The lowest BCUT2D eigenvalue weighted by Crippen LogP contribution is -2.28. The van der Waals surface area contributed by atoms with Crippen LogP contribution >= 0.6 is 15.9 Å². The Hall–Kier alpha value is -0.540. The van der Waals surface area contributed by atoms with Crippen LogP contribution in [0.2, 0.25) is 0 Å². The fourth-order valence-electron chi connectivity index (χ4n) is 2.99. The van der Waals surface area contributed by atoms with E-state index in [1.807, 2.05) is 25.1 Å². The highest BCUT2D eigenvalue weighted by Gasteiger charge is 2.35.